The van der Waals surface area contributed by atoms with Crippen molar-refractivity contribution in [3.63, 3.8) is 0 Å². The first-order valence-corrected chi connectivity index (χ1v) is 8.57. The van der Waals surface area contributed by atoms with E-state index < -0.39 is 0 Å². The number of benzene rings is 1. The Kier molecular flexibility index (Phi) is 5.50. The number of aryl methyl sites for hydroxylation is 1. The highest BCUT2D eigenvalue weighted by molar-refractivity contribution is 5.77. The summed E-state index contributed by atoms with van der Waals surface area (Å²) in [6.07, 6.45) is 0.697. The predicted molar refractivity (Wildman–Crippen MR) is 93.4 cm³/mol. The molecule has 8 heteroatoms. The number of ether oxygens (including phenoxy) is 1. The van der Waals surface area contributed by atoms with Crippen LogP contribution in [0, 0.1) is 0 Å². The Bertz CT molecular complexity index is 781. The largest absolute Gasteiger partial charge is 0.497 e. The van der Waals surface area contributed by atoms with E-state index in [4.69, 9.17) is 9.15 Å². The first kappa shape index (κ1) is 17.9. The molecule has 0 aliphatic carbocycles. The van der Waals surface area contributed by atoms with E-state index in [0.717, 1.165) is 5.56 Å². The van der Waals surface area contributed by atoms with Crippen LogP contribution in [-0.4, -0.2) is 65.1 Å². The van der Waals surface area contributed by atoms with Crippen LogP contribution in [0.3, 0.4) is 0 Å². The van der Waals surface area contributed by atoms with Gasteiger partial charge in [0.2, 0.25) is 23.6 Å². The van der Waals surface area contributed by atoms with Gasteiger partial charge in [0.05, 0.1) is 7.11 Å². The minimum absolute atomic E-state index is 0.0364. The lowest BCUT2D eigenvalue weighted by molar-refractivity contribution is -0.138. The Hall–Kier alpha value is -2.90. The van der Waals surface area contributed by atoms with Crippen molar-refractivity contribution < 1.29 is 18.7 Å². The Balaban J connectivity index is 1.53. The number of hydrogen-bond acceptors (Lipinski definition) is 6. The molecule has 138 valence electrons. The molecule has 0 saturated carbocycles. The monoisotopic (exact) mass is 358 g/mol. The third kappa shape index (κ3) is 4.19. The van der Waals surface area contributed by atoms with Crippen molar-refractivity contribution in [1.82, 2.24) is 20.0 Å². The van der Waals surface area contributed by atoms with Gasteiger partial charge in [0.15, 0.2) is 0 Å². The van der Waals surface area contributed by atoms with Gasteiger partial charge in [-0.05, 0) is 18.2 Å². The zero-order chi connectivity index (χ0) is 18.5. The van der Waals surface area contributed by atoms with Crippen LogP contribution in [-0.2, 0) is 16.0 Å². The zero-order valence-corrected chi connectivity index (χ0v) is 15.0. The molecule has 0 atom stereocenters. The molecule has 1 aliphatic rings. The van der Waals surface area contributed by atoms with Crippen LogP contribution in [0.4, 0.5) is 0 Å². The number of carbonyl (C=O) groups excluding carboxylic acids is 2. The van der Waals surface area contributed by atoms with Gasteiger partial charge in [-0.1, -0.05) is 6.07 Å². The molecule has 1 fully saturated rings. The maximum atomic E-state index is 12.3. The maximum absolute atomic E-state index is 12.3. The minimum atomic E-state index is 0.0364. The second kappa shape index (κ2) is 7.99. The number of nitrogens with zero attached hydrogens (tertiary/aromatic N) is 4. The Morgan fingerprint density at radius 3 is 2.58 bits per heavy atom. The molecule has 0 spiro atoms. The van der Waals surface area contributed by atoms with E-state index in [2.05, 4.69) is 10.2 Å². The van der Waals surface area contributed by atoms with Crippen LogP contribution < -0.4 is 4.74 Å². The quantitative estimate of drug-likeness (QED) is 0.802. The van der Waals surface area contributed by atoms with Crippen LogP contribution in [0.2, 0.25) is 0 Å². The van der Waals surface area contributed by atoms with E-state index >= 15 is 0 Å². The molecule has 2 amide bonds. The van der Waals surface area contributed by atoms with E-state index in [9.17, 15) is 9.59 Å². The van der Waals surface area contributed by atoms with E-state index in [1.165, 1.54) is 0 Å². The molecule has 1 saturated heterocycles. The summed E-state index contributed by atoms with van der Waals surface area (Å²) in [6, 6.07) is 7.37. The smallest absolute Gasteiger partial charge is 0.247 e. The van der Waals surface area contributed by atoms with Crippen LogP contribution in [0.5, 0.6) is 5.75 Å². The van der Waals surface area contributed by atoms with Crippen molar-refractivity contribution in [1.29, 1.82) is 0 Å². The Morgan fingerprint density at radius 2 is 1.88 bits per heavy atom. The summed E-state index contributed by atoms with van der Waals surface area (Å²) >= 11 is 0. The summed E-state index contributed by atoms with van der Waals surface area (Å²) < 4.78 is 10.8. The number of rotatable bonds is 5. The molecule has 1 aromatic carbocycles. The fourth-order valence-corrected chi connectivity index (χ4v) is 2.87. The highest BCUT2D eigenvalue weighted by Crippen LogP contribution is 2.23. The fourth-order valence-electron chi connectivity index (χ4n) is 2.87. The number of amides is 2. The standard InChI is InChI=1S/C18H22N4O4/c1-13(23)21-8-10-22(11-9-21)17(24)7-6-16-19-20-18(26-16)14-4-3-5-15(12-14)25-2/h3-5,12H,6-11H2,1-2H3. The average molecular weight is 358 g/mol. The summed E-state index contributed by atoms with van der Waals surface area (Å²) in [5, 5.41) is 8.06. The molecular weight excluding hydrogens is 336 g/mol. The van der Waals surface area contributed by atoms with Gasteiger partial charge in [-0.15, -0.1) is 10.2 Å². The summed E-state index contributed by atoms with van der Waals surface area (Å²) in [5.41, 5.74) is 0.773. The van der Waals surface area contributed by atoms with Gasteiger partial charge in [-0.25, -0.2) is 0 Å². The Labute approximate surface area is 151 Å². The average Bonchev–Trinajstić information content (AvgIpc) is 3.15. The lowest BCUT2D eigenvalue weighted by Gasteiger charge is -2.34. The van der Waals surface area contributed by atoms with Crippen molar-refractivity contribution in [2.24, 2.45) is 0 Å². The third-order valence-corrected chi connectivity index (χ3v) is 4.41. The number of hydrogen-bond donors (Lipinski definition) is 0. The van der Waals surface area contributed by atoms with Gasteiger partial charge < -0.3 is 19.0 Å². The van der Waals surface area contributed by atoms with Crippen molar-refractivity contribution in [3.05, 3.63) is 30.2 Å². The number of methoxy groups -OCH3 is 1. The van der Waals surface area contributed by atoms with E-state index in [1.807, 2.05) is 24.3 Å². The summed E-state index contributed by atoms with van der Waals surface area (Å²) in [6.45, 7) is 3.85. The van der Waals surface area contributed by atoms with Crippen molar-refractivity contribution >= 4 is 11.8 Å². The summed E-state index contributed by atoms with van der Waals surface area (Å²) in [7, 11) is 1.60. The highest BCUT2D eigenvalue weighted by Gasteiger charge is 2.22. The SMILES string of the molecule is COc1cccc(-c2nnc(CCC(=O)N3CCN(C(C)=O)CC3)o2)c1. The van der Waals surface area contributed by atoms with E-state index in [-0.39, 0.29) is 11.8 Å². The molecule has 0 N–H and O–H groups in total. The topological polar surface area (TPSA) is 88.8 Å². The first-order valence-electron chi connectivity index (χ1n) is 8.57. The molecule has 1 aromatic heterocycles. The molecule has 0 bridgehead atoms. The van der Waals surface area contributed by atoms with Crippen LogP contribution in [0.15, 0.2) is 28.7 Å². The fraction of sp³-hybridized carbons (Fsp3) is 0.444. The molecule has 2 aromatic rings. The first-order chi connectivity index (χ1) is 12.6. The maximum Gasteiger partial charge on any atom is 0.247 e. The Morgan fingerprint density at radius 1 is 1.15 bits per heavy atom. The second-order valence-electron chi connectivity index (χ2n) is 6.12. The molecule has 3 rings (SSSR count). The molecular formula is C18H22N4O4. The number of aromatic nitrogens is 2. The number of carbonyl (C=O) groups is 2. The molecule has 26 heavy (non-hydrogen) atoms. The highest BCUT2D eigenvalue weighted by atomic mass is 16.5. The van der Waals surface area contributed by atoms with Gasteiger partial charge in [0.25, 0.3) is 0 Å². The van der Waals surface area contributed by atoms with Crippen molar-refractivity contribution in [3.8, 4) is 17.2 Å². The molecule has 8 nitrogen and oxygen atoms in total. The zero-order valence-electron chi connectivity index (χ0n) is 15.0. The summed E-state index contributed by atoms with van der Waals surface area (Å²) in [5.74, 6) is 1.63. The van der Waals surface area contributed by atoms with E-state index in [0.29, 0.717) is 56.6 Å². The molecule has 0 unspecified atom stereocenters. The minimum Gasteiger partial charge on any atom is -0.497 e. The van der Waals surface area contributed by atoms with Crippen LogP contribution in [0.1, 0.15) is 19.2 Å². The lowest BCUT2D eigenvalue weighted by Crippen LogP contribution is -2.50. The van der Waals surface area contributed by atoms with Crippen molar-refractivity contribution in [2.45, 2.75) is 19.8 Å². The van der Waals surface area contributed by atoms with E-state index in [1.54, 1.807) is 23.8 Å². The second-order valence-corrected chi connectivity index (χ2v) is 6.12. The summed E-state index contributed by atoms with van der Waals surface area (Å²) in [4.78, 5) is 27.2. The lowest BCUT2D eigenvalue weighted by atomic mass is 10.2. The van der Waals surface area contributed by atoms with Crippen molar-refractivity contribution in [2.75, 3.05) is 33.3 Å². The van der Waals surface area contributed by atoms with Gasteiger partial charge >= 0.3 is 0 Å². The van der Waals surface area contributed by atoms with Gasteiger partial charge in [-0.2, -0.15) is 0 Å². The van der Waals surface area contributed by atoms with Crippen LogP contribution >= 0.6 is 0 Å². The van der Waals surface area contributed by atoms with Gasteiger partial charge in [-0.3, -0.25) is 9.59 Å². The predicted octanol–water partition coefficient (Wildman–Crippen LogP) is 1.37. The van der Waals surface area contributed by atoms with Gasteiger partial charge in [0, 0.05) is 51.5 Å². The number of piperazine rings is 1. The normalized spacial score (nSPS) is 14.4. The third-order valence-electron chi connectivity index (χ3n) is 4.41. The molecule has 1 aliphatic heterocycles. The van der Waals surface area contributed by atoms with Crippen LogP contribution in [0.25, 0.3) is 11.5 Å². The molecule has 2 heterocycles. The molecule has 0 radical (unpaired) electrons. The van der Waals surface area contributed by atoms with Gasteiger partial charge in [0.1, 0.15) is 5.75 Å².